The van der Waals surface area contributed by atoms with Crippen LogP contribution < -0.4 is 15.4 Å². The second kappa shape index (κ2) is 11.0. The molecule has 1 unspecified atom stereocenters. The first-order chi connectivity index (χ1) is 14.2. The van der Waals surface area contributed by atoms with Crippen molar-refractivity contribution in [3.63, 3.8) is 0 Å². The summed E-state index contributed by atoms with van der Waals surface area (Å²) in [6, 6.07) is 9.18. The normalized spacial score (nSPS) is 15.9. The molecule has 1 atom stereocenters. The standard InChI is InChI=1S/C22H29N3O3S/c1-2-28-19-9-7-18(8-10-19)24-22(27)21(26)23-15-20(17-11-14-29-16-17)25-12-5-3-4-6-13-25/h7-11,14,16,20H,2-6,12-13,15H2,1H3,(H,23,26)(H,24,27). The zero-order valence-corrected chi connectivity index (χ0v) is 17.7. The molecule has 1 aliphatic heterocycles. The number of benzene rings is 1. The van der Waals surface area contributed by atoms with Crippen molar-refractivity contribution >= 4 is 28.8 Å². The molecular formula is C22H29N3O3S. The molecule has 2 N–H and O–H groups in total. The summed E-state index contributed by atoms with van der Waals surface area (Å²) in [5.41, 5.74) is 1.76. The van der Waals surface area contributed by atoms with Crippen LogP contribution >= 0.6 is 11.3 Å². The van der Waals surface area contributed by atoms with Crippen molar-refractivity contribution < 1.29 is 14.3 Å². The molecule has 2 heterocycles. The summed E-state index contributed by atoms with van der Waals surface area (Å²) < 4.78 is 5.38. The van der Waals surface area contributed by atoms with Crippen LogP contribution in [0.4, 0.5) is 5.69 Å². The molecule has 2 aromatic rings. The van der Waals surface area contributed by atoms with E-state index in [2.05, 4.69) is 32.4 Å². The number of anilines is 1. The Morgan fingerprint density at radius 2 is 1.79 bits per heavy atom. The molecule has 156 valence electrons. The Hall–Kier alpha value is -2.38. The number of thiophene rings is 1. The molecule has 0 bridgehead atoms. The van der Waals surface area contributed by atoms with Gasteiger partial charge in [-0.2, -0.15) is 11.3 Å². The highest BCUT2D eigenvalue weighted by molar-refractivity contribution is 7.08. The monoisotopic (exact) mass is 415 g/mol. The van der Waals surface area contributed by atoms with Crippen molar-refractivity contribution in [2.75, 3.05) is 31.6 Å². The first-order valence-corrected chi connectivity index (χ1v) is 11.2. The van der Waals surface area contributed by atoms with Crippen LogP contribution in [0.15, 0.2) is 41.1 Å². The average molecular weight is 416 g/mol. The smallest absolute Gasteiger partial charge is 0.313 e. The summed E-state index contributed by atoms with van der Waals surface area (Å²) in [4.78, 5) is 27.1. The van der Waals surface area contributed by atoms with Gasteiger partial charge in [-0.15, -0.1) is 0 Å². The molecule has 0 saturated carbocycles. The lowest BCUT2D eigenvalue weighted by molar-refractivity contribution is -0.136. The van der Waals surface area contributed by atoms with Gasteiger partial charge in [0, 0.05) is 12.2 Å². The third-order valence-electron chi connectivity index (χ3n) is 5.09. The zero-order chi connectivity index (χ0) is 20.5. The molecule has 1 saturated heterocycles. The summed E-state index contributed by atoms with van der Waals surface area (Å²) in [5.74, 6) is -0.547. The minimum absolute atomic E-state index is 0.0987. The minimum Gasteiger partial charge on any atom is -0.494 e. The molecule has 1 aromatic carbocycles. The zero-order valence-electron chi connectivity index (χ0n) is 16.9. The molecule has 1 aromatic heterocycles. The number of likely N-dealkylation sites (tertiary alicyclic amines) is 1. The van der Waals surface area contributed by atoms with Crippen LogP contribution in [0, 0.1) is 0 Å². The molecule has 2 amide bonds. The number of nitrogens with one attached hydrogen (secondary N) is 2. The Labute approximate surface area is 176 Å². The molecule has 6 nitrogen and oxygen atoms in total. The van der Waals surface area contributed by atoms with Gasteiger partial charge in [0.05, 0.1) is 12.6 Å². The molecule has 29 heavy (non-hydrogen) atoms. The van der Waals surface area contributed by atoms with Gasteiger partial charge in [0.2, 0.25) is 0 Å². The second-order valence-electron chi connectivity index (χ2n) is 7.14. The van der Waals surface area contributed by atoms with Gasteiger partial charge in [0.15, 0.2) is 0 Å². The van der Waals surface area contributed by atoms with E-state index in [9.17, 15) is 9.59 Å². The van der Waals surface area contributed by atoms with Crippen molar-refractivity contribution in [1.29, 1.82) is 0 Å². The first-order valence-electron chi connectivity index (χ1n) is 10.3. The molecule has 0 radical (unpaired) electrons. The van der Waals surface area contributed by atoms with Crippen LogP contribution in [0.25, 0.3) is 0 Å². The van der Waals surface area contributed by atoms with Gasteiger partial charge in [0.1, 0.15) is 5.75 Å². The number of rotatable bonds is 7. The Balaban J connectivity index is 1.56. The first kappa shape index (κ1) is 21.3. The number of nitrogens with zero attached hydrogens (tertiary/aromatic N) is 1. The number of ether oxygens (including phenoxy) is 1. The van der Waals surface area contributed by atoms with E-state index in [1.165, 1.54) is 31.2 Å². The number of carbonyl (C=O) groups excluding carboxylic acids is 2. The van der Waals surface area contributed by atoms with E-state index in [0.717, 1.165) is 18.8 Å². The molecule has 1 aliphatic rings. The van der Waals surface area contributed by atoms with Gasteiger partial charge >= 0.3 is 11.8 Å². The van der Waals surface area contributed by atoms with Gasteiger partial charge in [-0.3, -0.25) is 14.5 Å². The lowest BCUT2D eigenvalue weighted by Gasteiger charge is -2.30. The van der Waals surface area contributed by atoms with Crippen molar-refractivity contribution in [3.05, 3.63) is 46.7 Å². The summed E-state index contributed by atoms with van der Waals surface area (Å²) in [7, 11) is 0. The van der Waals surface area contributed by atoms with E-state index in [1.807, 2.05) is 6.92 Å². The van der Waals surface area contributed by atoms with Gasteiger partial charge in [0.25, 0.3) is 0 Å². The van der Waals surface area contributed by atoms with E-state index >= 15 is 0 Å². The Bertz CT molecular complexity index is 769. The largest absolute Gasteiger partial charge is 0.494 e. The predicted octanol–water partition coefficient (Wildman–Crippen LogP) is 3.82. The third kappa shape index (κ3) is 6.30. The summed E-state index contributed by atoms with van der Waals surface area (Å²) in [6.07, 6.45) is 4.85. The van der Waals surface area contributed by atoms with E-state index in [4.69, 9.17) is 4.74 Å². The van der Waals surface area contributed by atoms with E-state index in [1.54, 1.807) is 35.6 Å². The molecule has 3 rings (SSSR count). The summed E-state index contributed by atoms with van der Waals surface area (Å²) in [6.45, 7) is 4.96. The lowest BCUT2D eigenvalue weighted by atomic mass is 10.1. The lowest BCUT2D eigenvalue weighted by Crippen LogP contribution is -2.42. The van der Waals surface area contributed by atoms with E-state index < -0.39 is 11.8 Å². The Kier molecular flexibility index (Phi) is 8.07. The van der Waals surface area contributed by atoms with E-state index in [0.29, 0.717) is 18.8 Å². The van der Waals surface area contributed by atoms with Crippen LogP contribution in [0.2, 0.25) is 0 Å². The van der Waals surface area contributed by atoms with Crippen LogP contribution in [-0.2, 0) is 9.59 Å². The highest BCUT2D eigenvalue weighted by atomic mass is 32.1. The SMILES string of the molecule is CCOc1ccc(NC(=O)C(=O)NCC(c2ccsc2)N2CCCCCC2)cc1. The fourth-order valence-electron chi connectivity index (χ4n) is 3.59. The second-order valence-corrected chi connectivity index (χ2v) is 7.92. The maximum absolute atomic E-state index is 12.4. The van der Waals surface area contributed by atoms with Crippen LogP contribution in [-0.4, -0.2) is 43.0 Å². The Morgan fingerprint density at radius 1 is 1.07 bits per heavy atom. The van der Waals surface area contributed by atoms with Gasteiger partial charge < -0.3 is 15.4 Å². The molecular weight excluding hydrogens is 386 g/mol. The van der Waals surface area contributed by atoms with Crippen molar-refractivity contribution in [3.8, 4) is 5.75 Å². The predicted molar refractivity (Wildman–Crippen MR) is 116 cm³/mol. The van der Waals surface area contributed by atoms with Crippen molar-refractivity contribution in [2.45, 2.75) is 38.6 Å². The van der Waals surface area contributed by atoms with Crippen molar-refractivity contribution in [1.82, 2.24) is 10.2 Å². The average Bonchev–Trinajstić information content (AvgIpc) is 3.12. The number of hydrogen-bond acceptors (Lipinski definition) is 5. The maximum atomic E-state index is 12.4. The van der Waals surface area contributed by atoms with Gasteiger partial charge in [-0.1, -0.05) is 12.8 Å². The van der Waals surface area contributed by atoms with Gasteiger partial charge in [-0.25, -0.2) is 0 Å². The van der Waals surface area contributed by atoms with Gasteiger partial charge in [-0.05, 0) is 79.5 Å². The quantitative estimate of drug-likeness (QED) is 0.675. The fourth-order valence-corrected chi connectivity index (χ4v) is 4.29. The number of hydrogen-bond donors (Lipinski definition) is 2. The third-order valence-corrected chi connectivity index (χ3v) is 5.80. The van der Waals surface area contributed by atoms with Crippen LogP contribution in [0.1, 0.15) is 44.2 Å². The fraction of sp³-hybridized carbons (Fsp3) is 0.455. The molecule has 7 heteroatoms. The Morgan fingerprint density at radius 3 is 2.41 bits per heavy atom. The molecule has 0 aliphatic carbocycles. The summed E-state index contributed by atoms with van der Waals surface area (Å²) in [5, 5.41) is 9.65. The van der Waals surface area contributed by atoms with Crippen molar-refractivity contribution in [2.24, 2.45) is 0 Å². The molecule has 1 fully saturated rings. The van der Waals surface area contributed by atoms with E-state index in [-0.39, 0.29) is 6.04 Å². The van der Waals surface area contributed by atoms with Crippen LogP contribution in [0.3, 0.4) is 0 Å². The summed E-state index contributed by atoms with van der Waals surface area (Å²) >= 11 is 1.66. The highest BCUT2D eigenvalue weighted by Crippen LogP contribution is 2.25. The highest BCUT2D eigenvalue weighted by Gasteiger charge is 2.24. The van der Waals surface area contributed by atoms with Crippen LogP contribution in [0.5, 0.6) is 5.75 Å². The minimum atomic E-state index is -0.658. The number of amides is 2. The maximum Gasteiger partial charge on any atom is 0.313 e. The molecule has 0 spiro atoms. The number of carbonyl (C=O) groups is 2. The topological polar surface area (TPSA) is 70.7 Å².